The number of thioether (sulfide) groups is 1. The minimum absolute atomic E-state index is 0.129. The van der Waals surface area contributed by atoms with Crippen LogP contribution < -0.4 is 10.1 Å². The van der Waals surface area contributed by atoms with Gasteiger partial charge < -0.3 is 10.1 Å². The van der Waals surface area contributed by atoms with Crippen molar-refractivity contribution < 1.29 is 9.53 Å². The van der Waals surface area contributed by atoms with E-state index in [-0.39, 0.29) is 5.91 Å². The quantitative estimate of drug-likeness (QED) is 0.866. The number of hydrogen-bond donors (Lipinski definition) is 1. The van der Waals surface area contributed by atoms with E-state index in [1.807, 2.05) is 17.8 Å². The van der Waals surface area contributed by atoms with Crippen LogP contribution in [-0.2, 0) is 17.6 Å². The average molecular weight is 320 g/mol. The van der Waals surface area contributed by atoms with Crippen molar-refractivity contribution >= 4 is 17.7 Å². The maximum Gasteiger partial charge on any atom is 0.234 e. The van der Waals surface area contributed by atoms with Gasteiger partial charge in [-0.05, 0) is 42.8 Å². The topological polar surface area (TPSA) is 41.6 Å². The fourth-order valence-electron chi connectivity index (χ4n) is 3.02. The molecule has 1 aromatic carbocycles. The van der Waals surface area contributed by atoms with Gasteiger partial charge >= 0.3 is 0 Å². The number of likely N-dealkylation sites (N-methyl/N-ethyl adjacent to an activating group) is 1. The fourth-order valence-corrected chi connectivity index (χ4v) is 4.32. The molecule has 1 atom stereocenters. The smallest absolute Gasteiger partial charge is 0.234 e. The van der Waals surface area contributed by atoms with Crippen molar-refractivity contribution in [3.05, 3.63) is 29.3 Å². The molecule has 120 valence electrons. The molecular formula is C17H24N2O2S. The summed E-state index contributed by atoms with van der Waals surface area (Å²) in [5.74, 6) is 3.52. The molecule has 0 aromatic heterocycles. The van der Waals surface area contributed by atoms with Gasteiger partial charge in [0.2, 0.25) is 5.91 Å². The van der Waals surface area contributed by atoms with Crippen LogP contribution in [0, 0.1) is 0 Å². The third-order valence-electron chi connectivity index (χ3n) is 4.41. The van der Waals surface area contributed by atoms with E-state index < -0.39 is 0 Å². The molecule has 1 amide bonds. The normalized spacial score (nSPS) is 20.0. The standard InChI is InChI=1S/C17H24N2O2S/c1-19(15-6-9-22-12-15)11-17(20)18-7-4-13-2-3-16-14(10-13)5-8-21-16/h2-3,10,15H,4-9,11-12H2,1H3,(H,18,20)/t15-/m1/s1. The summed E-state index contributed by atoms with van der Waals surface area (Å²) in [6.07, 6.45) is 3.08. The molecule has 0 unspecified atom stereocenters. The molecule has 2 aliphatic rings. The molecule has 0 saturated carbocycles. The van der Waals surface area contributed by atoms with Crippen molar-refractivity contribution in [2.24, 2.45) is 0 Å². The van der Waals surface area contributed by atoms with Crippen molar-refractivity contribution in [3.8, 4) is 5.75 Å². The van der Waals surface area contributed by atoms with Gasteiger partial charge in [-0.3, -0.25) is 9.69 Å². The molecule has 1 fully saturated rings. The Kier molecular flexibility index (Phi) is 5.26. The number of nitrogens with one attached hydrogen (secondary N) is 1. The summed E-state index contributed by atoms with van der Waals surface area (Å²) in [6, 6.07) is 6.91. The number of hydrogen-bond acceptors (Lipinski definition) is 4. The van der Waals surface area contributed by atoms with Crippen LogP contribution in [0.2, 0.25) is 0 Å². The van der Waals surface area contributed by atoms with E-state index in [9.17, 15) is 4.79 Å². The number of benzene rings is 1. The number of fused-ring (bicyclic) bond motifs is 1. The third-order valence-corrected chi connectivity index (χ3v) is 5.56. The van der Waals surface area contributed by atoms with E-state index in [1.165, 1.54) is 23.3 Å². The summed E-state index contributed by atoms with van der Waals surface area (Å²) in [6.45, 7) is 2.00. The Hall–Kier alpha value is -1.20. The predicted molar refractivity (Wildman–Crippen MR) is 90.7 cm³/mol. The lowest BCUT2D eigenvalue weighted by Gasteiger charge is -2.22. The van der Waals surface area contributed by atoms with Gasteiger partial charge in [-0.1, -0.05) is 12.1 Å². The molecule has 2 aliphatic heterocycles. The average Bonchev–Trinajstić information content (AvgIpc) is 3.18. The van der Waals surface area contributed by atoms with E-state index in [0.717, 1.165) is 31.0 Å². The second-order valence-electron chi connectivity index (χ2n) is 6.07. The Morgan fingerprint density at radius 2 is 2.41 bits per heavy atom. The Bertz CT molecular complexity index is 529. The first-order valence-electron chi connectivity index (χ1n) is 8.01. The second-order valence-corrected chi connectivity index (χ2v) is 7.22. The lowest BCUT2D eigenvalue weighted by molar-refractivity contribution is -0.122. The fraction of sp³-hybridized carbons (Fsp3) is 0.588. The monoisotopic (exact) mass is 320 g/mol. The number of ether oxygens (including phenoxy) is 1. The predicted octanol–water partition coefficient (Wildman–Crippen LogP) is 1.72. The Morgan fingerprint density at radius 1 is 1.50 bits per heavy atom. The van der Waals surface area contributed by atoms with E-state index >= 15 is 0 Å². The van der Waals surface area contributed by atoms with Crippen LogP contribution in [0.4, 0.5) is 0 Å². The lowest BCUT2D eigenvalue weighted by atomic mass is 10.1. The summed E-state index contributed by atoms with van der Waals surface area (Å²) in [7, 11) is 2.05. The largest absolute Gasteiger partial charge is 0.493 e. The zero-order valence-corrected chi connectivity index (χ0v) is 14.0. The summed E-state index contributed by atoms with van der Waals surface area (Å²) in [5, 5.41) is 3.03. The van der Waals surface area contributed by atoms with Crippen molar-refractivity contribution in [3.63, 3.8) is 0 Å². The van der Waals surface area contributed by atoms with E-state index in [2.05, 4.69) is 29.4 Å². The maximum atomic E-state index is 12.0. The van der Waals surface area contributed by atoms with Crippen LogP contribution in [-0.4, -0.2) is 55.1 Å². The molecule has 0 aliphatic carbocycles. The van der Waals surface area contributed by atoms with Gasteiger partial charge in [0.1, 0.15) is 5.75 Å². The molecule has 1 saturated heterocycles. The molecule has 4 nitrogen and oxygen atoms in total. The number of carbonyl (C=O) groups excluding carboxylic acids is 1. The molecule has 1 N–H and O–H groups in total. The lowest BCUT2D eigenvalue weighted by Crippen LogP contribution is -2.41. The van der Waals surface area contributed by atoms with E-state index in [1.54, 1.807) is 0 Å². The Labute approximate surface area is 136 Å². The Balaban J connectivity index is 1.40. The molecule has 0 bridgehead atoms. The van der Waals surface area contributed by atoms with Gasteiger partial charge in [0.15, 0.2) is 0 Å². The maximum absolute atomic E-state index is 12.0. The molecule has 0 radical (unpaired) electrons. The molecule has 22 heavy (non-hydrogen) atoms. The van der Waals surface area contributed by atoms with Gasteiger partial charge in [-0.25, -0.2) is 0 Å². The summed E-state index contributed by atoms with van der Waals surface area (Å²) >= 11 is 1.98. The zero-order valence-electron chi connectivity index (χ0n) is 13.1. The highest BCUT2D eigenvalue weighted by molar-refractivity contribution is 7.99. The van der Waals surface area contributed by atoms with Gasteiger partial charge in [0.25, 0.3) is 0 Å². The molecule has 3 rings (SSSR count). The highest BCUT2D eigenvalue weighted by atomic mass is 32.2. The van der Waals surface area contributed by atoms with Crippen LogP contribution in [0.25, 0.3) is 0 Å². The number of nitrogens with zero attached hydrogens (tertiary/aromatic N) is 1. The van der Waals surface area contributed by atoms with Crippen molar-refractivity contribution in [2.45, 2.75) is 25.3 Å². The van der Waals surface area contributed by atoms with Crippen LogP contribution in [0.15, 0.2) is 18.2 Å². The number of amides is 1. The van der Waals surface area contributed by atoms with Gasteiger partial charge in [-0.2, -0.15) is 11.8 Å². The minimum Gasteiger partial charge on any atom is -0.493 e. The van der Waals surface area contributed by atoms with Crippen molar-refractivity contribution in [2.75, 3.05) is 38.2 Å². The van der Waals surface area contributed by atoms with Gasteiger partial charge in [0.05, 0.1) is 13.2 Å². The highest BCUT2D eigenvalue weighted by Crippen LogP contribution is 2.25. The van der Waals surface area contributed by atoms with E-state index in [4.69, 9.17) is 4.74 Å². The van der Waals surface area contributed by atoms with E-state index in [0.29, 0.717) is 19.1 Å². The molecule has 2 heterocycles. The first-order valence-corrected chi connectivity index (χ1v) is 9.17. The molecule has 5 heteroatoms. The number of rotatable bonds is 6. The molecule has 0 spiro atoms. The van der Waals surface area contributed by atoms with Crippen LogP contribution in [0.1, 0.15) is 17.5 Å². The Morgan fingerprint density at radius 3 is 3.23 bits per heavy atom. The van der Waals surface area contributed by atoms with Crippen LogP contribution in [0.3, 0.4) is 0 Å². The third kappa shape index (κ3) is 3.96. The van der Waals surface area contributed by atoms with Crippen molar-refractivity contribution in [1.82, 2.24) is 10.2 Å². The molecular weight excluding hydrogens is 296 g/mol. The van der Waals surface area contributed by atoms with Crippen LogP contribution in [0.5, 0.6) is 5.75 Å². The minimum atomic E-state index is 0.129. The van der Waals surface area contributed by atoms with Gasteiger partial charge in [0, 0.05) is 24.8 Å². The summed E-state index contributed by atoms with van der Waals surface area (Å²) in [5.41, 5.74) is 2.56. The first-order chi connectivity index (χ1) is 10.7. The zero-order chi connectivity index (χ0) is 15.4. The molecule has 1 aromatic rings. The summed E-state index contributed by atoms with van der Waals surface area (Å²) < 4.78 is 5.51. The van der Waals surface area contributed by atoms with Crippen LogP contribution >= 0.6 is 11.8 Å². The van der Waals surface area contributed by atoms with Gasteiger partial charge in [-0.15, -0.1) is 0 Å². The second kappa shape index (κ2) is 7.38. The summed E-state index contributed by atoms with van der Waals surface area (Å²) in [4.78, 5) is 14.2. The SMILES string of the molecule is CN(CC(=O)NCCc1ccc2c(c1)CCO2)[C@@H]1CCSC1. The van der Waals surface area contributed by atoms with Crippen molar-refractivity contribution in [1.29, 1.82) is 0 Å². The highest BCUT2D eigenvalue weighted by Gasteiger charge is 2.21. The first kappa shape index (κ1) is 15.7. The number of carbonyl (C=O) groups is 1.